The van der Waals surface area contributed by atoms with Crippen LogP contribution in [0.1, 0.15) is 38.3 Å². The second-order valence-corrected chi connectivity index (χ2v) is 7.10. The van der Waals surface area contributed by atoms with Crippen LogP contribution in [0.4, 0.5) is 10.2 Å². The van der Waals surface area contributed by atoms with E-state index in [1.165, 1.54) is 12.1 Å². The van der Waals surface area contributed by atoms with Crippen LogP contribution in [0.15, 0.2) is 41.7 Å². The molecule has 0 unspecified atom stereocenters. The van der Waals surface area contributed by atoms with Gasteiger partial charge in [0.1, 0.15) is 17.7 Å². The zero-order valence-electron chi connectivity index (χ0n) is 14.8. The van der Waals surface area contributed by atoms with Crippen LogP contribution in [-0.2, 0) is 15.2 Å². The first-order valence-electron chi connectivity index (χ1n) is 8.20. The van der Waals surface area contributed by atoms with Gasteiger partial charge in [0.15, 0.2) is 0 Å². The van der Waals surface area contributed by atoms with Crippen molar-refractivity contribution in [3.05, 3.63) is 53.5 Å². The molecule has 26 heavy (non-hydrogen) atoms. The number of carbonyl (C=O) groups is 1. The quantitative estimate of drug-likeness (QED) is 0.917. The molecule has 1 atom stereocenters. The van der Waals surface area contributed by atoms with E-state index in [4.69, 9.17) is 10.1 Å². The second-order valence-electron chi connectivity index (χ2n) is 7.10. The van der Waals surface area contributed by atoms with E-state index in [0.29, 0.717) is 22.7 Å². The Kier molecular flexibility index (Phi) is 4.51. The molecule has 1 N–H and O–H groups in total. The lowest BCUT2D eigenvalue weighted by molar-refractivity contribution is -0.125. The highest BCUT2D eigenvalue weighted by Gasteiger charge is 2.30. The molecule has 7 heteroatoms. The van der Waals surface area contributed by atoms with Gasteiger partial charge >= 0.3 is 0 Å². The fraction of sp³-hybridized carbons (Fsp3) is 0.316. The molecule has 3 rings (SSSR count). The normalized spacial score (nSPS) is 16.6. The number of anilines is 1. The summed E-state index contributed by atoms with van der Waals surface area (Å²) in [6.45, 7) is 5.92. The molecule has 2 aromatic rings. The van der Waals surface area contributed by atoms with Gasteiger partial charge in [-0.15, -0.1) is 0 Å². The summed E-state index contributed by atoms with van der Waals surface area (Å²) in [5.41, 5.74) is 1.26. The van der Waals surface area contributed by atoms with Crippen LogP contribution < -0.4 is 5.32 Å². The maximum absolute atomic E-state index is 13.4. The summed E-state index contributed by atoms with van der Waals surface area (Å²) in [4.78, 5) is 17.8. The van der Waals surface area contributed by atoms with E-state index >= 15 is 0 Å². The average molecular weight is 354 g/mol. The lowest BCUT2D eigenvalue weighted by Gasteiger charge is -2.24. The van der Waals surface area contributed by atoms with Gasteiger partial charge in [0.25, 0.3) is 5.91 Å². The largest absolute Gasteiger partial charge is 0.382 e. The third-order valence-corrected chi connectivity index (χ3v) is 4.04. The highest BCUT2D eigenvalue weighted by atomic mass is 19.1. The number of amides is 1. The predicted molar refractivity (Wildman–Crippen MR) is 95.2 cm³/mol. The predicted octanol–water partition coefficient (Wildman–Crippen LogP) is 3.39. The molecular weight excluding hydrogens is 335 g/mol. The van der Waals surface area contributed by atoms with Gasteiger partial charge in [-0.3, -0.25) is 4.79 Å². The first-order valence-corrected chi connectivity index (χ1v) is 8.20. The van der Waals surface area contributed by atoms with E-state index < -0.39 is 6.10 Å². The molecule has 0 fully saturated rings. The lowest BCUT2D eigenvalue weighted by Crippen LogP contribution is -2.31. The number of hydrogen-bond acceptors (Lipinski definition) is 4. The summed E-state index contributed by atoms with van der Waals surface area (Å²) in [6, 6.07) is 9.69. The molecule has 1 aromatic carbocycles. The van der Waals surface area contributed by atoms with Crippen molar-refractivity contribution in [1.29, 1.82) is 5.26 Å². The monoisotopic (exact) mass is 354 g/mol. The van der Waals surface area contributed by atoms with E-state index in [1.807, 2.05) is 25.3 Å². The zero-order chi connectivity index (χ0) is 18.9. The Hall–Kier alpha value is -3.14. The molecular formula is C19H19FN4O2. The summed E-state index contributed by atoms with van der Waals surface area (Å²) in [6.07, 6.45) is 1.14. The number of carbonyl (C=O) groups excluding carboxylic acids is 1. The Balaban J connectivity index is 1.73. The molecule has 0 saturated heterocycles. The number of rotatable bonds is 3. The summed E-state index contributed by atoms with van der Waals surface area (Å²) >= 11 is 0. The Bertz CT molecular complexity index is 918. The summed E-state index contributed by atoms with van der Waals surface area (Å²) in [5, 5.41) is 15.8. The Morgan fingerprint density at radius 1 is 1.42 bits per heavy atom. The first-order chi connectivity index (χ1) is 12.3. The Morgan fingerprint density at radius 3 is 2.85 bits per heavy atom. The average Bonchev–Trinajstić information content (AvgIpc) is 3.21. The van der Waals surface area contributed by atoms with Gasteiger partial charge in [-0.05, 0) is 39.0 Å². The summed E-state index contributed by atoms with van der Waals surface area (Å²) in [5.74, 6) is -0.222. The minimum absolute atomic E-state index is 0.247. The SMILES string of the molecule is CC(C)(C)n1cc(C#N)cc1NC(=O)[C@@H]1CC(c2cccc(F)c2)=NO1. The van der Waals surface area contributed by atoms with Gasteiger partial charge in [-0.2, -0.15) is 5.26 Å². The van der Waals surface area contributed by atoms with E-state index in [2.05, 4.69) is 16.5 Å². The number of halogens is 1. The number of nitriles is 1. The van der Waals surface area contributed by atoms with Crippen LogP contribution >= 0.6 is 0 Å². The number of benzene rings is 1. The number of aromatic nitrogens is 1. The smallest absolute Gasteiger partial charge is 0.269 e. The minimum atomic E-state index is -0.804. The number of hydrogen-bond donors (Lipinski definition) is 1. The highest BCUT2D eigenvalue weighted by Crippen LogP contribution is 2.25. The van der Waals surface area contributed by atoms with Crippen molar-refractivity contribution in [3.8, 4) is 6.07 Å². The standard InChI is InChI=1S/C19H19FN4O2/c1-19(2,3)24-11-12(10-21)7-17(24)22-18(25)16-9-15(23-26-16)13-5-4-6-14(20)8-13/h4-8,11,16H,9H2,1-3H3,(H,22,25)/t16-/m0/s1. The van der Waals surface area contributed by atoms with Crippen molar-refractivity contribution < 1.29 is 14.0 Å². The van der Waals surface area contributed by atoms with Crippen molar-refractivity contribution in [2.45, 2.75) is 38.8 Å². The molecule has 1 aromatic heterocycles. The maximum atomic E-state index is 13.4. The van der Waals surface area contributed by atoms with Crippen LogP contribution in [0.25, 0.3) is 0 Å². The molecule has 134 valence electrons. The minimum Gasteiger partial charge on any atom is -0.382 e. The molecule has 1 aliphatic rings. The van der Waals surface area contributed by atoms with Crippen molar-refractivity contribution in [2.75, 3.05) is 5.32 Å². The van der Waals surface area contributed by atoms with Gasteiger partial charge < -0.3 is 14.7 Å². The number of oxime groups is 1. The molecule has 1 aliphatic heterocycles. The second kappa shape index (κ2) is 6.64. The van der Waals surface area contributed by atoms with E-state index in [9.17, 15) is 9.18 Å². The third kappa shape index (κ3) is 3.59. The van der Waals surface area contributed by atoms with Crippen LogP contribution in [0.2, 0.25) is 0 Å². The van der Waals surface area contributed by atoms with Crippen molar-refractivity contribution in [1.82, 2.24) is 4.57 Å². The lowest BCUT2D eigenvalue weighted by atomic mass is 10.0. The van der Waals surface area contributed by atoms with Crippen molar-refractivity contribution in [3.63, 3.8) is 0 Å². The van der Waals surface area contributed by atoms with Gasteiger partial charge in [-0.25, -0.2) is 4.39 Å². The van der Waals surface area contributed by atoms with E-state index in [1.54, 1.807) is 24.4 Å². The summed E-state index contributed by atoms with van der Waals surface area (Å²) in [7, 11) is 0. The fourth-order valence-corrected chi connectivity index (χ4v) is 2.74. The molecule has 6 nitrogen and oxygen atoms in total. The topological polar surface area (TPSA) is 79.4 Å². The van der Waals surface area contributed by atoms with Crippen molar-refractivity contribution >= 4 is 17.4 Å². The number of nitrogens with one attached hydrogen (secondary N) is 1. The zero-order valence-corrected chi connectivity index (χ0v) is 14.8. The first kappa shape index (κ1) is 17.7. The van der Waals surface area contributed by atoms with Gasteiger partial charge in [0.2, 0.25) is 6.10 Å². The van der Waals surface area contributed by atoms with Gasteiger partial charge in [0.05, 0.1) is 11.3 Å². The van der Waals surface area contributed by atoms with Gasteiger partial charge in [0, 0.05) is 23.7 Å². The maximum Gasteiger partial charge on any atom is 0.269 e. The molecule has 0 aliphatic carbocycles. The van der Waals surface area contributed by atoms with Crippen LogP contribution in [0, 0.1) is 17.1 Å². The highest BCUT2D eigenvalue weighted by molar-refractivity contribution is 6.06. The molecule has 0 spiro atoms. The number of nitrogens with zero attached hydrogens (tertiary/aromatic N) is 3. The Labute approximate surface area is 150 Å². The van der Waals surface area contributed by atoms with Crippen LogP contribution in [-0.4, -0.2) is 22.3 Å². The van der Waals surface area contributed by atoms with E-state index in [-0.39, 0.29) is 23.7 Å². The van der Waals surface area contributed by atoms with Gasteiger partial charge in [-0.1, -0.05) is 17.3 Å². The molecule has 0 bridgehead atoms. The van der Waals surface area contributed by atoms with Crippen molar-refractivity contribution in [2.24, 2.45) is 5.16 Å². The summed E-state index contributed by atoms with van der Waals surface area (Å²) < 4.78 is 15.2. The fourth-order valence-electron chi connectivity index (χ4n) is 2.74. The molecule has 0 saturated carbocycles. The molecule has 2 heterocycles. The Morgan fingerprint density at radius 2 is 2.19 bits per heavy atom. The van der Waals surface area contributed by atoms with E-state index in [0.717, 1.165) is 0 Å². The van der Waals surface area contributed by atoms with Crippen LogP contribution in [0.3, 0.4) is 0 Å². The van der Waals surface area contributed by atoms with Crippen LogP contribution in [0.5, 0.6) is 0 Å². The molecule has 0 radical (unpaired) electrons. The third-order valence-electron chi connectivity index (χ3n) is 4.04. The molecule has 1 amide bonds.